The Morgan fingerprint density at radius 1 is 1.29 bits per heavy atom. The molecule has 1 aliphatic rings. The lowest BCUT2D eigenvalue weighted by atomic mass is 10.1. The second-order valence-corrected chi connectivity index (χ2v) is 7.01. The van der Waals surface area contributed by atoms with Crippen LogP contribution in [0.1, 0.15) is 28.8 Å². The summed E-state index contributed by atoms with van der Waals surface area (Å²) in [5, 5.41) is 8.66. The third kappa shape index (κ3) is 4.26. The first-order valence-electron chi connectivity index (χ1n) is 6.88. The molecule has 21 heavy (non-hydrogen) atoms. The van der Waals surface area contributed by atoms with Crippen molar-refractivity contribution in [1.29, 1.82) is 0 Å². The summed E-state index contributed by atoms with van der Waals surface area (Å²) < 4.78 is 31.9. The minimum absolute atomic E-state index is 0.198. The Morgan fingerprint density at radius 2 is 1.95 bits per heavy atom. The molecule has 0 aromatic heterocycles. The van der Waals surface area contributed by atoms with E-state index in [1.165, 1.54) is 6.07 Å². The average Bonchev–Trinajstić information content (AvgIpc) is 2.48. The highest BCUT2D eigenvalue weighted by Gasteiger charge is 2.27. The predicted molar refractivity (Wildman–Crippen MR) is 77.9 cm³/mol. The van der Waals surface area contributed by atoms with E-state index in [2.05, 4.69) is 4.72 Å². The Kier molecular flexibility index (Phi) is 5.33. The summed E-state index contributed by atoms with van der Waals surface area (Å²) in [4.78, 5) is 11.1. The molecule has 116 valence electrons. The minimum Gasteiger partial charge on any atom is -0.478 e. The Morgan fingerprint density at radius 3 is 2.62 bits per heavy atom. The van der Waals surface area contributed by atoms with E-state index in [-0.39, 0.29) is 12.1 Å². The van der Waals surface area contributed by atoms with Crippen molar-refractivity contribution >= 4 is 16.0 Å². The van der Waals surface area contributed by atoms with Crippen LogP contribution >= 0.6 is 0 Å². The molecule has 0 bridgehead atoms. The van der Waals surface area contributed by atoms with Crippen LogP contribution in [0.25, 0.3) is 0 Å². The molecule has 0 spiro atoms. The van der Waals surface area contributed by atoms with E-state index in [0.717, 1.165) is 0 Å². The molecule has 1 aromatic rings. The van der Waals surface area contributed by atoms with Gasteiger partial charge < -0.3 is 9.84 Å². The van der Waals surface area contributed by atoms with Gasteiger partial charge in [0.05, 0.1) is 10.8 Å². The van der Waals surface area contributed by atoms with Gasteiger partial charge in [-0.2, -0.15) is 0 Å². The highest BCUT2D eigenvalue weighted by Crippen LogP contribution is 2.15. The molecule has 1 fully saturated rings. The summed E-state index contributed by atoms with van der Waals surface area (Å²) in [7, 11) is -3.36. The lowest BCUT2D eigenvalue weighted by Crippen LogP contribution is -2.38. The Hall–Kier alpha value is -1.44. The molecular weight excluding hydrogens is 294 g/mol. The van der Waals surface area contributed by atoms with Crippen LogP contribution in [-0.4, -0.2) is 44.5 Å². The molecule has 1 heterocycles. The number of ether oxygens (including phenoxy) is 1. The summed E-state index contributed by atoms with van der Waals surface area (Å²) >= 11 is 0. The Labute approximate surface area is 124 Å². The van der Waals surface area contributed by atoms with Crippen LogP contribution in [0.5, 0.6) is 0 Å². The number of hydrogen-bond acceptors (Lipinski definition) is 4. The maximum Gasteiger partial charge on any atom is 0.335 e. The number of carboxylic acids is 1. The highest BCUT2D eigenvalue weighted by molar-refractivity contribution is 7.90. The zero-order valence-corrected chi connectivity index (χ0v) is 12.4. The van der Waals surface area contributed by atoms with Gasteiger partial charge in [-0.15, -0.1) is 0 Å². The van der Waals surface area contributed by atoms with Gasteiger partial charge in [-0.1, -0.05) is 18.2 Å². The van der Waals surface area contributed by atoms with Crippen molar-refractivity contribution < 1.29 is 23.1 Å². The second-order valence-electron chi connectivity index (χ2n) is 4.96. The third-order valence-electron chi connectivity index (χ3n) is 3.55. The Bertz CT molecular complexity index is 593. The topological polar surface area (TPSA) is 92.7 Å². The number of rotatable bonds is 6. The van der Waals surface area contributed by atoms with Gasteiger partial charge in [-0.3, -0.25) is 0 Å². The van der Waals surface area contributed by atoms with Crippen molar-refractivity contribution in [3.8, 4) is 0 Å². The molecule has 6 nitrogen and oxygen atoms in total. The van der Waals surface area contributed by atoms with Gasteiger partial charge in [-0.05, 0) is 30.9 Å². The molecule has 0 unspecified atom stereocenters. The van der Waals surface area contributed by atoms with Gasteiger partial charge in [0.15, 0.2) is 0 Å². The van der Waals surface area contributed by atoms with Gasteiger partial charge in [0, 0.05) is 19.8 Å². The molecule has 1 saturated heterocycles. The fourth-order valence-corrected chi connectivity index (χ4v) is 3.81. The molecule has 2 rings (SSSR count). The van der Waals surface area contributed by atoms with Crippen molar-refractivity contribution in [1.82, 2.24) is 4.72 Å². The molecule has 0 amide bonds. The average molecular weight is 313 g/mol. The molecule has 2 N–H and O–H groups in total. The van der Waals surface area contributed by atoms with Crippen molar-refractivity contribution in [2.45, 2.75) is 24.5 Å². The molecule has 1 aromatic carbocycles. The quantitative estimate of drug-likeness (QED) is 0.818. The molecule has 7 heteroatoms. The summed E-state index contributed by atoms with van der Waals surface area (Å²) in [5.74, 6) is -1.00. The molecule has 0 radical (unpaired) electrons. The molecule has 0 atom stereocenters. The van der Waals surface area contributed by atoms with Crippen molar-refractivity contribution in [2.75, 3.05) is 19.8 Å². The summed E-state index contributed by atoms with van der Waals surface area (Å²) in [6.45, 7) is 1.13. The fourth-order valence-electron chi connectivity index (χ4n) is 2.38. The lowest BCUT2D eigenvalue weighted by Gasteiger charge is -2.22. The van der Waals surface area contributed by atoms with E-state index in [9.17, 15) is 13.2 Å². The first-order chi connectivity index (χ1) is 10.0. The number of carboxylic acid groups (broad SMARTS) is 1. The lowest BCUT2D eigenvalue weighted by molar-refractivity contribution is 0.0695. The number of benzene rings is 1. The largest absolute Gasteiger partial charge is 0.478 e. The van der Waals surface area contributed by atoms with Gasteiger partial charge in [0.1, 0.15) is 0 Å². The normalized spacial score (nSPS) is 16.8. The molecule has 0 aliphatic carbocycles. The third-order valence-corrected chi connectivity index (χ3v) is 5.51. The fraction of sp³-hybridized carbons (Fsp3) is 0.500. The van der Waals surface area contributed by atoms with E-state index < -0.39 is 21.2 Å². The number of sulfonamides is 1. The molecular formula is C14H19NO5S. The van der Waals surface area contributed by atoms with Crippen LogP contribution in [-0.2, 0) is 21.2 Å². The maximum absolute atomic E-state index is 12.1. The van der Waals surface area contributed by atoms with E-state index in [1.807, 2.05) is 0 Å². The van der Waals surface area contributed by atoms with Crippen LogP contribution in [0.2, 0.25) is 0 Å². The SMILES string of the molecule is O=C(O)c1ccccc1CCNS(=O)(=O)C1CCOCC1. The number of hydrogen-bond donors (Lipinski definition) is 2. The van der Waals surface area contributed by atoms with Crippen molar-refractivity contribution in [3.05, 3.63) is 35.4 Å². The van der Waals surface area contributed by atoms with Crippen molar-refractivity contribution in [3.63, 3.8) is 0 Å². The predicted octanol–water partition coefficient (Wildman–Crippen LogP) is 1.03. The number of carbonyl (C=O) groups is 1. The number of aromatic carboxylic acids is 1. The number of nitrogens with one attached hydrogen (secondary N) is 1. The van der Waals surface area contributed by atoms with Crippen LogP contribution in [0.3, 0.4) is 0 Å². The standard InChI is InChI=1S/C14H19NO5S/c16-14(17)13-4-2-1-3-11(13)5-8-15-21(18,19)12-6-9-20-10-7-12/h1-4,12,15H,5-10H2,(H,16,17). The Balaban J connectivity index is 1.93. The van der Waals surface area contributed by atoms with Crippen molar-refractivity contribution in [2.24, 2.45) is 0 Å². The summed E-state index contributed by atoms with van der Waals surface area (Å²) in [6, 6.07) is 6.62. The van der Waals surface area contributed by atoms with Gasteiger partial charge >= 0.3 is 5.97 Å². The summed E-state index contributed by atoms with van der Waals surface area (Å²) in [5.41, 5.74) is 0.836. The maximum atomic E-state index is 12.1. The molecule has 1 aliphatic heterocycles. The van der Waals surface area contributed by atoms with Gasteiger partial charge in [-0.25, -0.2) is 17.9 Å². The first-order valence-corrected chi connectivity index (χ1v) is 8.43. The van der Waals surface area contributed by atoms with Gasteiger partial charge in [0.2, 0.25) is 10.0 Å². The van der Waals surface area contributed by atoms with E-state index in [4.69, 9.17) is 9.84 Å². The first kappa shape index (κ1) is 15.9. The second kappa shape index (κ2) is 7.02. The van der Waals surface area contributed by atoms with Gasteiger partial charge in [0.25, 0.3) is 0 Å². The van der Waals surface area contributed by atoms with Crippen LogP contribution in [0.15, 0.2) is 24.3 Å². The molecule has 0 saturated carbocycles. The van der Waals surface area contributed by atoms with E-state index >= 15 is 0 Å². The van der Waals surface area contributed by atoms with E-state index in [0.29, 0.717) is 38.0 Å². The zero-order chi connectivity index (χ0) is 15.3. The smallest absolute Gasteiger partial charge is 0.335 e. The van der Waals surface area contributed by atoms with Crippen LogP contribution in [0.4, 0.5) is 0 Å². The minimum atomic E-state index is -3.36. The highest BCUT2D eigenvalue weighted by atomic mass is 32.2. The monoisotopic (exact) mass is 313 g/mol. The zero-order valence-electron chi connectivity index (χ0n) is 11.6. The van der Waals surface area contributed by atoms with Crippen LogP contribution in [0, 0.1) is 0 Å². The van der Waals surface area contributed by atoms with E-state index in [1.54, 1.807) is 18.2 Å². The summed E-state index contributed by atoms with van der Waals surface area (Å²) in [6.07, 6.45) is 1.35. The van der Waals surface area contributed by atoms with Crippen LogP contribution < -0.4 is 4.72 Å².